The normalized spacial score (nSPS) is 28.6. The van der Waals surface area contributed by atoms with Crippen LogP contribution < -0.4 is 5.32 Å². The summed E-state index contributed by atoms with van der Waals surface area (Å²) in [6, 6.07) is 0. The number of nitrogens with one attached hydrogen (secondary N) is 1. The fourth-order valence-corrected chi connectivity index (χ4v) is 2.79. The molecule has 0 aliphatic carbocycles. The van der Waals surface area contributed by atoms with Crippen LogP contribution in [0.1, 0.15) is 19.3 Å². The zero-order chi connectivity index (χ0) is 9.97. The van der Waals surface area contributed by atoms with E-state index in [-0.39, 0.29) is 0 Å². The Balaban J connectivity index is 1.84. The van der Waals surface area contributed by atoms with Gasteiger partial charge in [-0.2, -0.15) is 0 Å². The molecule has 2 saturated heterocycles. The van der Waals surface area contributed by atoms with Crippen molar-refractivity contribution in [2.45, 2.75) is 31.9 Å². The molecule has 1 N–H and O–H groups in total. The van der Waals surface area contributed by atoms with Crippen molar-refractivity contribution in [3.63, 3.8) is 0 Å². The maximum atomic E-state index is 8.81. The van der Waals surface area contributed by atoms with E-state index in [2.05, 4.69) is 17.9 Å². The summed E-state index contributed by atoms with van der Waals surface area (Å²) in [7, 11) is 0. The Bertz CT molecular complexity index is 261. The first-order valence-corrected chi connectivity index (χ1v) is 5.61. The molecular weight excluding hydrogens is 171 g/mol. The zero-order valence-corrected chi connectivity index (χ0v) is 8.63. The lowest BCUT2D eigenvalue weighted by Crippen LogP contribution is -2.26. The number of rotatable bonds is 1. The summed E-state index contributed by atoms with van der Waals surface area (Å²) in [5.41, 5.74) is 1.21. The molecule has 0 saturated carbocycles. The smallest absolute Gasteiger partial charge is 0.267 e. The van der Waals surface area contributed by atoms with Gasteiger partial charge in [-0.1, -0.05) is 32.1 Å². The number of allylic oxidation sites excluding steroid dienone is 1. The van der Waals surface area contributed by atoms with Crippen molar-refractivity contribution >= 4 is 6.71 Å². The Morgan fingerprint density at radius 2 is 2.07 bits per heavy atom. The Kier molecular flexibility index (Phi) is 2.81. The van der Waals surface area contributed by atoms with E-state index in [4.69, 9.17) is 5.26 Å². The van der Waals surface area contributed by atoms with Crippen LogP contribution in [0, 0.1) is 23.1 Å². The molecule has 14 heavy (non-hydrogen) atoms. The van der Waals surface area contributed by atoms with E-state index >= 15 is 0 Å². The van der Waals surface area contributed by atoms with E-state index in [0.717, 1.165) is 37.4 Å². The molecule has 2 fully saturated rings. The lowest BCUT2D eigenvalue weighted by atomic mass is 9.41. The van der Waals surface area contributed by atoms with Crippen molar-refractivity contribution in [3.8, 4) is 5.97 Å². The summed E-state index contributed by atoms with van der Waals surface area (Å²) in [6.45, 7) is 5.42. The van der Waals surface area contributed by atoms with Gasteiger partial charge < -0.3 is 5.32 Å². The van der Waals surface area contributed by atoms with Crippen LogP contribution in [0.5, 0.6) is 0 Å². The highest BCUT2D eigenvalue weighted by molar-refractivity contribution is 6.67. The van der Waals surface area contributed by atoms with E-state index in [1.165, 1.54) is 18.5 Å². The van der Waals surface area contributed by atoms with Gasteiger partial charge in [0.1, 0.15) is 0 Å². The first kappa shape index (κ1) is 9.64. The van der Waals surface area contributed by atoms with Gasteiger partial charge in [-0.25, -0.2) is 5.26 Å². The van der Waals surface area contributed by atoms with E-state index in [1.807, 2.05) is 0 Å². The molecule has 0 aromatic carbocycles. The largest absolute Gasteiger partial charge is 0.389 e. The first-order chi connectivity index (χ1) is 6.79. The van der Waals surface area contributed by atoms with Crippen LogP contribution in [0.3, 0.4) is 0 Å². The second-order valence-electron chi connectivity index (χ2n) is 4.69. The summed E-state index contributed by atoms with van der Waals surface area (Å²) in [4.78, 5) is 0. The Hall–Kier alpha value is -0.905. The average molecular weight is 188 g/mol. The van der Waals surface area contributed by atoms with Crippen molar-refractivity contribution in [2.24, 2.45) is 11.8 Å². The first-order valence-electron chi connectivity index (χ1n) is 5.61. The second kappa shape index (κ2) is 4.08. The molecule has 2 aliphatic rings. The summed E-state index contributed by atoms with van der Waals surface area (Å²) >= 11 is 0. The predicted molar refractivity (Wildman–Crippen MR) is 59.0 cm³/mol. The van der Waals surface area contributed by atoms with Crippen molar-refractivity contribution in [3.05, 3.63) is 12.3 Å². The van der Waals surface area contributed by atoms with Gasteiger partial charge in [0, 0.05) is 18.2 Å². The van der Waals surface area contributed by atoms with E-state index in [0.29, 0.717) is 6.71 Å². The molecule has 0 aromatic heterocycles. The van der Waals surface area contributed by atoms with Gasteiger partial charge >= 0.3 is 0 Å². The average Bonchev–Trinajstić information content (AvgIpc) is 2.65. The molecule has 2 nitrogen and oxygen atoms in total. The molecule has 1 atom stereocenters. The van der Waals surface area contributed by atoms with Gasteiger partial charge in [0.05, 0.1) is 0 Å². The van der Waals surface area contributed by atoms with Crippen LogP contribution in [0.25, 0.3) is 0 Å². The minimum atomic E-state index is 0.337. The lowest BCUT2D eigenvalue weighted by Gasteiger charge is -2.27. The summed E-state index contributed by atoms with van der Waals surface area (Å²) in [5.74, 6) is 4.02. The van der Waals surface area contributed by atoms with Gasteiger partial charge in [0.2, 0.25) is 0 Å². The number of hydrogen-bond donors (Lipinski definition) is 1. The molecule has 2 heterocycles. The summed E-state index contributed by atoms with van der Waals surface area (Å²) in [5, 5.41) is 12.1. The third-order valence-corrected chi connectivity index (χ3v) is 3.74. The summed E-state index contributed by atoms with van der Waals surface area (Å²) < 4.78 is 0. The predicted octanol–water partition coefficient (Wildman–Crippen LogP) is 2.08. The lowest BCUT2D eigenvalue weighted by molar-refractivity contribution is 0.328. The van der Waals surface area contributed by atoms with Crippen LogP contribution >= 0.6 is 0 Å². The molecule has 3 heteroatoms. The van der Waals surface area contributed by atoms with E-state index in [1.54, 1.807) is 0 Å². The highest BCUT2D eigenvalue weighted by Crippen LogP contribution is 2.35. The highest BCUT2D eigenvalue weighted by Gasteiger charge is 2.31. The number of nitrogens with zero attached hydrogens (tertiary/aromatic N) is 1. The molecule has 2 rings (SSSR count). The van der Waals surface area contributed by atoms with Gasteiger partial charge in [0.25, 0.3) is 6.71 Å². The van der Waals surface area contributed by atoms with Crippen molar-refractivity contribution in [2.75, 3.05) is 6.54 Å². The standard InChI is InChI=1S/C11H17BN2/c1-9-6-11(7-14-9)10-2-4-12(8-13)5-3-10/h10-11,14H,1-7H2. The molecule has 74 valence electrons. The van der Waals surface area contributed by atoms with Crippen molar-refractivity contribution < 1.29 is 0 Å². The topological polar surface area (TPSA) is 35.8 Å². The third kappa shape index (κ3) is 1.95. The molecule has 0 radical (unpaired) electrons. The zero-order valence-electron chi connectivity index (χ0n) is 8.63. The van der Waals surface area contributed by atoms with Crippen LogP contribution in [0.2, 0.25) is 12.6 Å². The van der Waals surface area contributed by atoms with Gasteiger partial charge in [-0.15, -0.1) is 0 Å². The fourth-order valence-electron chi connectivity index (χ4n) is 2.79. The Morgan fingerprint density at radius 3 is 2.57 bits per heavy atom. The molecule has 2 aliphatic heterocycles. The van der Waals surface area contributed by atoms with Gasteiger partial charge in [0.15, 0.2) is 0 Å². The number of nitriles is 1. The van der Waals surface area contributed by atoms with Crippen LogP contribution in [-0.2, 0) is 0 Å². The van der Waals surface area contributed by atoms with Gasteiger partial charge in [-0.3, -0.25) is 0 Å². The van der Waals surface area contributed by atoms with Crippen LogP contribution in [-0.4, -0.2) is 13.3 Å². The minimum Gasteiger partial charge on any atom is -0.389 e. The minimum absolute atomic E-state index is 0.337. The van der Waals surface area contributed by atoms with E-state index < -0.39 is 0 Å². The van der Waals surface area contributed by atoms with Crippen molar-refractivity contribution in [1.29, 1.82) is 5.26 Å². The third-order valence-electron chi connectivity index (χ3n) is 3.74. The monoisotopic (exact) mass is 188 g/mol. The van der Waals surface area contributed by atoms with Crippen LogP contribution in [0.15, 0.2) is 12.3 Å². The molecule has 0 aromatic rings. The van der Waals surface area contributed by atoms with E-state index in [9.17, 15) is 0 Å². The molecule has 0 amide bonds. The highest BCUT2D eigenvalue weighted by atomic mass is 14.9. The fraction of sp³-hybridized carbons (Fsp3) is 0.727. The second-order valence-corrected chi connectivity index (χ2v) is 4.69. The Labute approximate surface area is 86.5 Å². The maximum absolute atomic E-state index is 8.81. The molecule has 1 unspecified atom stereocenters. The SMILES string of the molecule is C=C1CC(C2CCB(C#N)CC2)CN1. The molecule has 0 bridgehead atoms. The quantitative estimate of drug-likeness (QED) is 0.639. The number of hydrogen-bond acceptors (Lipinski definition) is 2. The van der Waals surface area contributed by atoms with Gasteiger partial charge in [-0.05, 0) is 18.3 Å². The van der Waals surface area contributed by atoms with Crippen molar-refractivity contribution in [1.82, 2.24) is 5.32 Å². The van der Waals surface area contributed by atoms with Crippen LogP contribution in [0.4, 0.5) is 0 Å². The summed E-state index contributed by atoms with van der Waals surface area (Å²) in [6.07, 6.45) is 5.88. The maximum Gasteiger partial charge on any atom is 0.267 e. The molecular formula is C11H17BN2. The molecule has 0 spiro atoms. The Morgan fingerprint density at radius 1 is 1.36 bits per heavy atom.